The van der Waals surface area contributed by atoms with E-state index in [2.05, 4.69) is 26.1 Å². The highest BCUT2D eigenvalue weighted by Crippen LogP contribution is 2.33. The second-order valence-electron chi connectivity index (χ2n) is 3.57. The maximum atomic E-state index is 13.6. The van der Waals surface area contributed by atoms with Gasteiger partial charge in [-0.15, -0.1) is 0 Å². The van der Waals surface area contributed by atoms with E-state index < -0.39 is 0 Å². The Hall–Kier alpha value is -0.900. The van der Waals surface area contributed by atoms with Gasteiger partial charge in [-0.2, -0.15) is 5.10 Å². The van der Waals surface area contributed by atoms with Crippen molar-refractivity contribution in [1.82, 2.24) is 10.2 Å². The summed E-state index contributed by atoms with van der Waals surface area (Å²) in [6.07, 6.45) is 1.70. The van der Waals surface area contributed by atoms with Crippen LogP contribution in [0.4, 0.5) is 4.39 Å². The number of halogens is 2. The molecule has 0 amide bonds. The van der Waals surface area contributed by atoms with Gasteiger partial charge in [0.25, 0.3) is 0 Å². The van der Waals surface area contributed by atoms with Crippen molar-refractivity contribution in [3.05, 3.63) is 28.1 Å². The molecule has 0 aliphatic heterocycles. The number of rotatable bonds is 1. The summed E-state index contributed by atoms with van der Waals surface area (Å²) in [6, 6.07) is 1.49. The normalized spacial score (nSPS) is 11.5. The van der Waals surface area contributed by atoms with E-state index >= 15 is 0 Å². The average molecular weight is 257 g/mol. The maximum Gasteiger partial charge on any atom is 0.129 e. The predicted molar refractivity (Wildman–Crippen MR) is 57.8 cm³/mol. The largest absolute Gasteiger partial charge is 0.278 e. The summed E-state index contributed by atoms with van der Waals surface area (Å²) >= 11 is 3.41. The molecule has 1 aromatic heterocycles. The Kier molecular flexibility index (Phi) is 2.31. The summed E-state index contributed by atoms with van der Waals surface area (Å²) in [4.78, 5) is 0. The fraction of sp³-hybridized carbons (Fsp3) is 0.300. The van der Waals surface area contributed by atoms with Crippen LogP contribution in [0.2, 0.25) is 0 Å². The standard InChI is InChI=1S/C10H10BrFN2/c1-5(2)9-7(12)3-8-6(10(9)11)4-13-14-8/h3-5H,1-2H3,(H,13,14). The number of hydrogen-bond donors (Lipinski definition) is 1. The molecule has 1 heterocycles. The molecule has 0 atom stereocenters. The summed E-state index contributed by atoms with van der Waals surface area (Å²) < 4.78 is 14.4. The second kappa shape index (κ2) is 3.35. The number of fused-ring (bicyclic) bond motifs is 1. The van der Waals surface area contributed by atoms with Crippen molar-refractivity contribution in [3.8, 4) is 0 Å². The minimum atomic E-state index is -0.191. The first kappa shape index (κ1) is 9.65. The highest BCUT2D eigenvalue weighted by Gasteiger charge is 2.15. The van der Waals surface area contributed by atoms with Gasteiger partial charge in [-0.05, 0) is 27.9 Å². The molecule has 0 aliphatic rings. The van der Waals surface area contributed by atoms with Gasteiger partial charge in [-0.3, -0.25) is 5.10 Å². The lowest BCUT2D eigenvalue weighted by Crippen LogP contribution is -1.95. The van der Waals surface area contributed by atoms with E-state index in [9.17, 15) is 4.39 Å². The van der Waals surface area contributed by atoms with E-state index in [1.165, 1.54) is 6.07 Å². The van der Waals surface area contributed by atoms with E-state index in [0.29, 0.717) is 5.56 Å². The molecule has 4 heteroatoms. The van der Waals surface area contributed by atoms with E-state index in [1.807, 2.05) is 13.8 Å². The highest BCUT2D eigenvalue weighted by atomic mass is 79.9. The van der Waals surface area contributed by atoms with Gasteiger partial charge in [-0.25, -0.2) is 4.39 Å². The van der Waals surface area contributed by atoms with Gasteiger partial charge < -0.3 is 0 Å². The molecule has 1 aromatic carbocycles. The van der Waals surface area contributed by atoms with E-state index in [1.54, 1.807) is 6.20 Å². The average Bonchev–Trinajstić information content (AvgIpc) is 2.50. The van der Waals surface area contributed by atoms with Crippen molar-refractivity contribution >= 4 is 26.8 Å². The van der Waals surface area contributed by atoms with Gasteiger partial charge in [0, 0.05) is 15.4 Å². The van der Waals surface area contributed by atoms with Crippen LogP contribution in [0.1, 0.15) is 25.3 Å². The Morgan fingerprint density at radius 3 is 2.86 bits per heavy atom. The molecule has 0 fully saturated rings. The van der Waals surface area contributed by atoms with Crippen LogP contribution in [0.3, 0.4) is 0 Å². The Morgan fingerprint density at radius 2 is 2.21 bits per heavy atom. The zero-order valence-corrected chi connectivity index (χ0v) is 9.52. The molecule has 0 radical (unpaired) electrons. The Bertz CT molecular complexity index is 476. The van der Waals surface area contributed by atoms with Crippen molar-refractivity contribution in [2.75, 3.05) is 0 Å². The maximum absolute atomic E-state index is 13.6. The van der Waals surface area contributed by atoms with Crippen LogP contribution in [0, 0.1) is 5.82 Å². The van der Waals surface area contributed by atoms with Crippen molar-refractivity contribution in [1.29, 1.82) is 0 Å². The Balaban J connectivity index is 2.82. The number of nitrogens with one attached hydrogen (secondary N) is 1. The molecular weight excluding hydrogens is 247 g/mol. The predicted octanol–water partition coefficient (Wildman–Crippen LogP) is 3.59. The van der Waals surface area contributed by atoms with Gasteiger partial charge in [0.2, 0.25) is 0 Å². The number of aromatic nitrogens is 2. The van der Waals surface area contributed by atoms with Crippen molar-refractivity contribution < 1.29 is 4.39 Å². The monoisotopic (exact) mass is 256 g/mol. The summed E-state index contributed by atoms with van der Waals surface area (Å²) in [5, 5.41) is 7.56. The molecular formula is C10H10BrFN2. The van der Waals surface area contributed by atoms with E-state index in [-0.39, 0.29) is 11.7 Å². The van der Waals surface area contributed by atoms with Crippen LogP contribution >= 0.6 is 15.9 Å². The lowest BCUT2D eigenvalue weighted by Gasteiger charge is -2.10. The molecule has 74 valence electrons. The Labute approximate surface area is 89.6 Å². The molecule has 0 saturated heterocycles. The number of hydrogen-bond acceptors (Lipinski definition) is 1. The van der Waals surface area contributed by atoms with Crippen molar-refractivity contribution in [3.63, 3.8) is 0 Å². The third-order valence-corrected chi connectivity index (χ3v) is 3.10. The third-order valence-electron chi connectivity index (χ3n) is 2.25. The lowest BCUT2D eigenvalue weighted by atomic mass is 10.0. The fourth-order valence-electron chi connectivity index (χ4n) is 1.56. The van der Waals surface area contributed by atoms with Crippen LogP contribution in [0.25, 0.3) is 10.9 Å². The smallest absolute Gasteiger partial charge is 0.129 e. The SMILES string of the molecule is CC(C)c1c(F)cc2[nH]ncc2c1Br. The fourth-order valence-corrected chi connectivity index (χ4v) is 2.53. The minimum Gasteiger partial charge on any atom is -0.278 e. The molecule has 14 heavy (non-hydrogen) atoms. The first-order valence-corrected chi connectivity index (χ1v) is 5.21. The van der Waals surface area contributed by atoms with Crippen molar-refractivity contribution in [2.45, 2.75) is 19.8 Å². The molecule has 0 spiro atoms. The van der Waals surface area contributed by atoms with Crippen molar-refractivity contribution in [2.24, 2.45) is 0 Å². The van der Waals surface area contributed by atoms with Crippen LogP contribution in [0.5, 0.6) is 0 Å². The summed E-state index contributed by atoms with van der Waals surface area (Å²) in [5.74, 6) is -0.0349. The number of benzene rings is 1. The molecule has 2 aromatic rings. The summed E-state index contributed by atoms with van der Waals surface area (Å²) in [5.41, 5.74) is 1.43. The molecule has 0 unspecified atom stereocenters. The first-order valence-electron chi connectivity index (χ1n) is 4.42. The number of aromatic amines is 1. The van der Waals surface area contributed by atoms with Gasteiger partial charge >= 0.3 is 0 Å². The van der Waals surface area contributed by atoms with Gasteiger partial charge in [-0.1, -0.05) is 13.8 Å². The quantitative estimate of drug-likeness (QED) is 0.830. The summed E-state index contributed by atoms with van der Waals surface area (Å²) in [7, 11) is 0. The number of nitrogens with zero attached hydrogens (tertiary/aromatic N) is 1. The molecule has 0 saturated carbocycles. The highest BCUT2D eigenvalue weighted by molar-refractivity contribution is 9.10. The van der Waals surface area contributed by atoms with Gasteiger partial charge in [0.15, 0.2) is 0 Å². The van der Waals surface area contributed by atoms with E-state index in [0.717, 1.165) is 15.4 Å². The second-order valence-corrected chi connectivity index (χ2v) is 4.36. The molecule has 1 N–H and O–H groups in total. The molecule has 0 aliphatic carbocycles. The third kappa shape index (κ3) is 1.34. The molecule has 0 bridgehead atoms. The molecule has 2 nitrogen and oxygen atoms in total. The summed E-state index contributed by atoms with van der Waals surface area (Å²) in [6.45, 7) is 3.93. The van der Waals surface area contributed by atoms with Crippen LogP contribution in [-0.4, -0.2) is 10.2 Å². The topological polar surface area (TPSA) is 28.7 Å². The number of H-pyrrole nitrogens is 1. The minimum absolute atomic E-state index is 0.156. The molecule has 2 rings (SSSR count). The van der Waals surface area contributed by atoms with Gasteiger partial charge in [0.1, 0.15) is 5.82 Å². The Morgan fingerprint density at radius 1 is 1.50 bits per heavy atom. The zero-order chi connectivity index (χ0) is 10.3. The van der Waals surface area contributed by atoms with Gasteiger partial charge in [0.05, 0.1) is 11.7 Å². The van der Waals surface area contributed by atoms with Crippen LogP contribution in [0.15, 0.2) is 16.7 Å². The zero-order valence-electron chi connectivity index (χ0n) is 7.94. The van der Waals surface area contributed by atoms with Crippen LogP contribution < -0.4 is 0 Å². The first-order chi connectivity index (χ1) is 6.61. The lowest BCUT2D eigenvalue weighted by molar-refractivity contribution is 0.598. The van der Waals surface area contributed by atoms with E-state index in [4.69, 9.17) is 0 Å². The van der Waals surface area contributed by atoms with Crippen LogP contribution in [-0.2, 0) is 0 Å².